The first-order valence-electron chi connectivity index (χ1n) is 10.4. The van der Waals surface area contributed by atoms with Gasteiger partial charge in [-0.15, -0.1) is 0 Å². The fourth-order valence-electron chi connectivity index (χ4n) is 3.47. The molecule has 0 saturated heterocycles. The van der Waals surface area contributed by atoms with Crippen molar-refractivity contribution in [3.05, 3.63) is 65.7 Å². The molecule has 34 heavy (non-hydrogen) atoms. The van der Waals surface area contributed by atoms with Gasteiger partial charge in [-0.25, -0.2) is 15.0 Å². The van der Waals surface area contributed by atoms with Gasteiger partial charge in [0.1, 0.15) is 29.8 Å². The number of rotatable bonds is 6. The smallest absolute Gasteiger partial charge is 0.419 e. The minimum Gasteiger partial charge on any atom is -0.488 e. The van der Waals surface area contributed by atoms with E-state index < -0.39 is 11.7 Å². The second-order valence-electron chi connectivity index (χ2n) is 7.72. The van der Waals surface area contributed by atoms with Crippen molar-refractivity contribution in [1.29, 1.82) is 5.26 Å². The van der Waals surface area contributed by atoms with Crippen LogP contribution in [0.2, 0.25) is 0 Å². The Labute approximate surface area is 194 Å². The number of aromatic nitrogens is 4. The van der Waals surface area contributed by atoms with Crippen molar-refractivity contribution < 1.29 is 17.9 Å². The largest absolute Gasteiger partial charge is 0.488 e. The van der Waals surface area contributed by atoms with Crippen molar-refractivity contribution in [2.24, 2.45) is 7.05 Å². The van der Waals surface area contributed by atoms with E-state index in [0.29, 0.717) is 22.4 Å². The van der Waals surface area contributed by atoms with Gasteiger partial charge < -0.3 is 14.2 Å². The van der Waals surface area contributed by atoms with Gasteiger partial charge in [-0.2, -0.15) is 18.4 Å². The molecule has 0 aliphatic rings. The fourth-order valence-corrected chi connectivity index (χ4v) is 3.47. The van der Waals surface area contributed by atoms with Crippen LogP contribution < -0.4 is 9.64 Å². The van der Waals surface area contributed by atoms with E-state index in [9.17, 15) is 18.4 Å². The first-order chi connectivity index (χ1) is 16.2. The van der Waals surface area contributed by atoms with Crippen LogP contribution >= 0.6 is 0 Å². The maximum atomic E-state index is 13.9. The van der Waals surface area contributed by atoms with E-state index in [-0.39, 0.29) is 29.3 Å². The minimum absolute atomic E-state index is 0.0483. The molecule has 0 N–H and O–H groups in total. The van der Waals surface area contributed by atoms with Gasteiger partial charge >= 0.3 is 6.18 Å². The zero-order valence-electron chi connectivity index (χ0n) is 18.8. The zero-order chi connectivity index (χ0) is 24.5. The van der Waals surface area contributed by atoms with Crippen LogP contribution in [-0.2, 0) is 19.8 Å². The number of halogens is 3. The number of nitrogens with zero attached hydrogens (tertiary/aromatic N) is 6. The number of aryl methyl sites for hydroxylation is 1. The summed E-state index contributed by atoms with van der Waals surface area (Å²) in [4.78, 5) is 14.5. The summed E-state index contributed by atoms with van der Waals surface area (Å²) >= 11 is 0. The molecule has 0 saturated carbocycles. The number of benzene rings is 1. The van der Waals surface area contributed by atoms with Crippen LogP contribution in [0.25, 0.3) is 22.3 Å². The Morgan fingerprint density at radius 1 is 1.15 bits per heavy atom. The Hall–Kier alpha value is -4.13. The Bertz CT molecular complexity index is 1390. The molecule has 0 spiro atoms. The molecule has 0 aliphatic carbocycles. The molecule has 0 atom stereocenters. The second kappa shape index (κ2) is 9.02. The van der Waals surface area contributed by atoms with E-state index in [1.165, 1.54) is 18.5 Å². The Kier molecular flexibility index (Phi) is 6.11. The number of imidazole rings is 1. The Morgan fingerprint density at radius 3 is 2.65 bits per heavy atom. The Balaban J connectivity index is 1.69. The lowest BCUT2D eigenvalue weighted by Crippen LogP contribution is -2.17. The van der Waals surface area contributed by atoms with Gasteiger partial charge in [0, 0.05) is 32.4 Å². The fraction of sp³-hybridized carbons (Fsp3) is 0.250. The number of alkyl halides is 3. The van der Waals surface area contributed by atoms with Crippen LogP contribution in [0, 0.1) is 11.3 Å². The van der Waals surface area contributed by atoms with Crippen molar-refractivity contribution in [3.63, 3.8) is 0 Å². The van der Waals surface area contributed by atoms with Crippen molar-refractivity contribution >= 4 is 16.9 Å². The average Bonchev–Trinajstić information content (AvgIpc) is 3.21. The summed E-state index contributed by atoms with van der Waals surface area (Å²) in [5.41, 5.74) is 1.28. The summed E-state index contributed by atoms with van der Waals surface area (Å²) < 4.78 is 49.0. The SMILES string of the molecule is CCN(C)c1cc(COc2ccc(-c3cc4c(ncn4C)c(C#N)n3)cc2C(F)(F)F)ccn1. The molecule has 4 rings (SSSR count). The molecule has 0 unspecified atom stereocenters. The molecule has 3 aromatic heterocycles. The lowest BCUT2D eigenvalue weighted by molar-refractivity contribution is -0.139. The summed E-state index contributed by atoms with van der Waals surface area (Å²) in [6, 6.07) is 10.8. The first kappa shape index (κ1) is 23.0. The van der Waals surface area contributed by atoms with Gasteiger partial charge in [0.25, 0.3) is 0 Å². The van der Waals surface area contributed by atoms with E-state index in [2.05, 4.69) is 15.0 Å². The predicted molar refractivity (Wildman–Crippen MR) is 121 cm³/mol. The van der Waals surface area contributed by atoms with E-state index in [1.54, 1.807) is 36.0 Å². The van der Waals surface area contributed by atoms with Gasteiger partial charge in [-0.05, 0) is 48.9 Å². The van der Waals surface area contributed by atoms with Crippen molar-refractivity contribution in [3.8, 4) is 23.1 Å². The lowest BCUT2D eigenvalue weighted by atomic mass is 10.0. The third-order valence-electron chi connectivity index (χ3n) is 5.47. The lowest BCUT2D eigenvalue weighted by Gasteiger charge is -2.18. The third kappa shape index (κ3) is 4.50. The normalized spacial score (nSPS) is 11.4. The maximum Gasteiger partial charge on any atom is 0.419 e. The number of anilines is 1. The van der Waals surface area contributed by atoms with Crippen LogP contribution in [0.1, 0.15) is 23.7 Å². The van der Waals surface area contributed by atoms with Crippen LogP contribution in [0.15, 0.2) is 48.9 Å². The van der Waals surface area contributed by atoms with E-state index >= 15 is 0 Å². The van der Waals surface area contributed by atoms with E-state index in [4.69, 9.17) is 4.74 Å². The average molecular weight is 466 g/mol. The molecule has 3 heterocycles. The Morgan fingerprint density at radius 2 is 1.94 bits per heavy atom. The summed E-state index contributed by atoms with van der Waals surface area (Å²) in [6.45, 7) is 2.67. The molecule has 0 aliphatic heterocycles. The van der Waals surface area contributed by atoms with Crippen LogP contribution in [-0.4, -0.2) is 33.1 Å². The molecule has 1 aromatic carbocycles. The van der Waals surface area contributed by atoms with Gasteiger partial charge in [0.15, 0.2) is 5.69 Å². The standard InChI is InChI=1S/C24H21F3N6O/c1-4-32(2)22-9-15(7-8-29-22)13-34-21-6-5-16(10-17(21)24(25,26)27)18-11-20-23(19(12-28)31-18)30-14-33(20)3/h5-11,14H,4,13H2,1-3H3. The van der Waals surface area contributed by atoms with E-state index in [1.807, 2.05) is 24.9 Å². The maximum absolute atomic E-state index is 13.9. The van der Waals surface area contributed by atoms with Crippen LogP contribution in [0.4, 0.5) is 19.0 Å². The topological polar surface area (TPSA) is 79.9 Å². The highest BCUT2D eigenvalue weighted by atomic mass is 19.4. The van der Waals surface area contributed by atoms with Gasteiger partial charge in [-0.3, -0.25) is 0 Å². The van der Waals surface area contributed by atoms with Crippen molar-refractivity contribution in [2.75, 3.05) is 18.5 Å². The van der Waals surface area contributed by atoms with Crippen LogP contribution in [0.3, 0.4) is 0 Å². The highest BCUT2D eigenvalue weighted by molar-refractivity contribution is 5.84. The summed E-state index contributed by atoms with van der Waals surface area (Å²) in [5, 5.41) is 9.42. The molecule has 0 bridgehead atoms. The number of nitriles is 1. The summed E-state index contributed by atoms with van der Waals surface area (Å²) in [5.74, 6) is 0.417. The molecule has 10 heteroatoms. The minimum atomic E-state index is -4.65. The quantitative estimate of drug-likeness (QED) is 0.400. The highest BCUT2D eigenvalue weighted by Gasteiger charge is 2.35. The molecule has 174 valence electrons. The number of fused-ring (bicyclic) bond motifs is 1. The van der Waals surface area contributed by atoms with Crippen LogP contribution in [0.5, 0.6) is 5.75 Å². The molecular weight excluding hydrogens is 445 g/mol. The number of hydrogen-bond donors (Lipinski definition) is 0. The monoisotopic (exact) mass is 466 g/mol. The summed E-state index contributed by atoms with van der Waals surface area (Å²) in [6.07, 6.45) is -1.52. The number of hydrogen-bond acceptors (Lipinski definition) is 6. The second-order valence-corrected chi connectivity index (χ2v) is 7.72. The van der Waals surface area contributed by atoms with E-state index in [0.717, 1.165) is 12.6 Å². The number of ether oxygens (including phenoxy) is 1. The van der Waals surface area contributed by atoms with Crippen molar-refractivity contribution in [1.82, 2.24) is 19.5 Å². The number of pyridine rings is 2. The van der Waals surface area contributed by atoms with Gasteiger partial charge in [0.2, 0.25) is 0 Å². The molecule has 7 nitrogen and oxygen atoms in total. The highest BCUT2D eigenvalue weighted by Crippen LogP contribution is 2.39. The molecule has 0 amide bonds. The molecule has 4 aromatic rings. The molecule has 0 radical (unpaired) electrons. The predicted octanol–water partition coefficient (Wildman–Crippen LogP) is 4.96. The van der Waals surface area contributed by atoms with Gasteiger partial charge in [0.05, 0.1) is 23.1 Å². The summed E-state index contributed by atoms with van der Waals surface area (Å²) in [7, 11) is 3.61. The molecular formula is C24H21F3N6O. The first-order valence-corrected chi connectivity index (χ1v) is 10.4. The van der Waals surface area contributed by atoms with Crippen molar-refractivity contribution in [2.45, 2.75) is 19.7 Å². The van der Waals surface area contributed by atoms with Gasteiger partial charge in [-0.1, -0.05) is 0 Å². The molecule has 0 fully saturated rings. The zero-order valence-corrected chi connectivity index (χ0v) is 18.8. The third-order valence-corrected chi connectivity index (χ3v) is 5.47.